The summed E-state index contributed by atoms with van der Waals surface area (Å²) in [7, 11) is 1.37. The lowest BCUT2D eigenvalue weighted by Gasteiger charge is -2.13. The molecule has 0 saturated heterocycles. The summed E-state index contributed by atoms with van der Waals surface area (Å²) in [5.74, 6) is -0.304. The molecule has 1 aromatic carbocycles. The summed E-state index contributed by atoms with van der Waals surface area (Å²) in [6.07, 6.45) is 4.66. The summed E-state index contributed by atoms with van der Waals surface area (Å²) in [5, 5.41) is 0. The number of esters is 1. The monoisotopic (exact) mass is 285 g/mol. The zero-order valence-electron chi connectivity index (χ0n) is 12.8. The van der Waals surface area contributed by atoms with E-state index in [0.29, 0.717) is 0 Å². The lowest BCUT2D eigenvalue weighted by molar-refractivity contribution is -0.141. The minimum atomic E-state index is -0.353. The van der Waals surface area contributed by atoms with Crippen LogP contribution in [0.15, 0.2) is 60.7 Å². The summed E-state index contributed by atoms with van der Waals surface area (Å²) in [6, 6.07) is 7.58. The Morgan fingerprint density at radius 2 is 2.19 bits per heavy atom. The highest BCUT2D eigenvalue weighted by atomic mass is 16.5. The molecule has 3 heteroatoms. The molecule has 2 N–H and O–H groups in total. The van der Waals surface area contributed by atoms with Crippen LogP contribution in [0, 0.1) is 0 Å². The summed E-state index contributed by atoms with van der Waals surface area (Å²) < 4.78 is 4.65. The number of ether oxygens (including phenoxy) is 1. The van der Waals surface area contributed by atoms with Gasteiger partial charge in [-0.25, -0.2) is 0 Å². The SMILES string of the molecule is C=C/C=C(/Cc1cccc(C(N)CC(=O)OC)c1)C(=C)C. The molecule has 1 rings (SSSR count). The number of carbonyl (C=O) groups is 1. The number of rotatable bonds is 7. The molecule has 3 nitrogen and oxygen atoms in total. The van der Waals surface area contributed by atoms with E-state index in [1.54, 1.807) is 6.08 Å². The summed E-state index contributed by atoms with van der Waals surface area (Å²) in [6.45, 7) is 9.67. The van der Waals surface area contributed by atoms with Crippen LogP contribution < -0.4 is 5.73 Å². The van der Waals surface area contributed by atoms with Crippen molar-refractivity contribution in [3.8, 4) is 0 Å². The molecule has 0 aliphatic heterocycles. The Morgan fingerprint density at radius 3 is 2.76 bits per heavy atom. The van der Waals surface area contributed by atoms with E-state index in [9.17, 15) is 4.79 Å². The number of hydrogen-bond donors (Lipinski definition) is 1. The number of hydrogen-bond acceptors (Lipinski definition) is 3. The first kappa shape index (κ1) is 16.9. The third kappa shape index (κ3) is 5.40. The van der Waals surface area contributed by atoms with Gasteiger partial charge in [0.1, 0.15) is 0 Å². The van der Waals surface area contributed by atoms with E-state index in [2.05, 4.69) is 17.9 Å². The molecule has 1 unspecified atom stereocenters. The fourth-order valence-corrected chi connectivity index (χ4v) is 2.03. The van der Waals surface area contributed by atoms with Crippen molar-refractivity contribution < 1.29 is 9.53 Å². The minimum Gasteiger partial charge on any atom is -0.469 e. The standard InChI is InChI=1S/C18H23NO2/c1-5-7-15(13(2)3)10-14-8-6-9-16(11-14)17(19)12-18(20)21-4/h5-9,11,17H,1-2,10,12,19H2,3-4H3/b15-7-. The molecule has 0 fully saturated rings. The lowest BCUT2D eigenvalue weighted by Crippen LogP contribution is -2.16. The molecular weight excluding hydrogens is 262 g/mol. The van der Waals surface area contributed by atoms with Gasteiger partial charge in [0.2, 0.25) is 0 Å². The van der Waals surface area contributed by atoms with E-state index < -0.39 is 0 Å². The molecule has 0 bridgehead atoms. The second-order valence-corrected chi connectivity index (χ2v) is 5.02. The van der Waals surface area contributed by atoms with Crippen LogP contribution in [0.1, 0.15) is 30.5 Å². The van der Waals surface area contributed by atoms with Gasteiger partial charge in [0, 0.05) is 6.04 Å². The Kier molecular flexibility index (Phi) is 6.63. The van der Waals surface area contributed by atoms with Gasteiger partial charge in [0.15, 0.2) is 0 Å². The molecule has 1 atom stereocenters. The van der Waals surface area contributed by atoms with E-state index >= 15 is 0 Å². The highest BCUT2D eigenvalue weighted by molar-refractivity contribution is 5.70. The lowest BCUT2D eigenvalue weighted by atomic mass is 9.96. The topological polar surface area (TPSA) is 52.3 Å². The van der Waals surface area contributed by atoms with Gasteiger partial charge in [-0.3, -0.25) is 4.79 Å². The fraction of sp³-hybridized carbons (Fsp3) is 0.278. The Hall–Kier alpha value is -2.13. The normalized spacial score (nSPS) is 12.6. The third-order valence-electron chi connectivity index (χ3n) is 3.26. The highest BCUT2D eigenvalue weighted by Gasteiger charge is 2.12. The first-order chi connectivity index (χ1) is 9.97. The molecule has 0 heterocycles. The van der Waals surface area contributed by atoms with Gasteiger partial charge >= 0.3 is 5.97 Å². The van der Waals surface area contributed by atoms with Crippen molar-refractivity contribution in [1.29, 1.82) is 0 Å². The number of allylic oxidation sites excluding steroid dienone is 4. The minimum absolute atomic E-state index is 0.176. The molecule has 21 heavy (non-hydrogen) atoms. The van der Waals surface area contributed by atoms with Crippen molar-refractivity contribution in [1.82, 2.24) is 0 Å². The quantitative estimate of drug-likeness (QED) is 0.616. The Labute approximate surface area is 126 Å². The summed E-state index contributed by atoms with van der Waals surface area (Å²) in [4.78, 5) is 11.3. The summed E-state index contributed by atoms with van der Waals surface area (Å²) >= 11 is 0. The Morgan fingerprint density at radius 1 is 1.48 bits per heavy atom. The third-order valence-corrected chi connectivity index (χ3v) is 3.26. The van der Waals surface area contributed by atoms with E-state index in [1.807, 2.05) is 37.3 Å². The van der Waals surface area contributed by atoms with Crippen LogP contribution >= 0.6 is 0 Å². The van der Waals surface area contributed by atoms with E-state index in [1.165, 1.54) is 7.11 Å². The van der Waals surface area contributed by atoms with Gasteiger partial charge in [-0.2, -0.15) is 0 Å². The van der Waals surface area contributed by atoms with E-state index in [4.69, 9.17) is 5.73 Å². The number of carbonyl (C=O) groups excluding carboxylic acids is 1. The van der Waals surface area contributed by atoms with Gasteiger partial charge in [-0.1, -0.05) is 55.1 Å². The van der Waals surface area contributed by atoms with Crippen molar-refractivity contribution in [3.05, 3.63) is 71.8 Å². The maximum Gasteiger partial charge on any atom is 0.307 e. The van der Waals surface area contributed by atoms with Crippen LogP contribution in [0.3, 0.4) is 0 Å². The average molecular weight is 285 g/mol. The number of benzene rings is 1. The van der Waals surface area contributed by atoms with Gasteiger partial charge in [0.25, 0.3) is 0 Å². The number of nitrogens with two attached hydrogens (primary N) is 1. The first-order valence-electron chi connectivity index (χ1n) is 6.86. The predicted octanol–water partition coefficient (Wildman–Crippen LogP) is 3.48. The van der Waals surface area contributed by atoms with Crippen molar-refractivity contribution in [2.24, 2.45) is 5.73 Å². The molecule has 0 radical (unpaired) electrons. The fourth-order valence-electron chi connectivity index (χ4n) is 2.03. The smallest absolute Gasteiger partial charge is 0.307 e. The predicted molar refractivity (Wildman–Crippen MR) is 86.8 cm³/mol. The maximum absolute atomic E-state index is 11.3. The van der Waals surface area contributed by atoms with Crippen molar-refractivity contribution in [2.45, 2.75) is 25.8 Å². The first-order valence-corrected chi connectivity index (χ1v) is 6.86. The number of methoxy groups -OCH3 is 1. The van der Waals surface area contributed by atoms with Crippen LogP contribution in [0.4, 0.5) is 0 Å². The second kappa shape index (κ2) is 8.22. The van der Waals surface area contributed by atoms with Crippen molar-refractivity contribution in [2.75, 3.05) is 7.11 Å². The van der Waals surface area contributed by atoms with Crippen LogP contribution in [0.2, 0.25) is 0 Å². The zero-order chi connectivity index (χ0) is 15.8. The zero-order valence-corrected chi connectivity index (χ0v) is 12.8. The molecule has 0 spiro atoms. The maximum atomic E-state index is 11.3. The van der Waals surface area contributed by atoms with Gasteiger partial charge in [-0.15, -0.1) is 0 Å². The van der Waals surface area contributed by atoms with E-state index in [0.717, 1.165) is 28.7 Å². The molecule has 0 aliphatic rings. The van der Waals surface area contributed by atoms with Crippen molar-refractivity contribution >= 4 is 5.97 Å². The van der Waals surface area contributed by atoms with E-state index in [-0.39, 0.29) is 18.4 Å². The van der Waals surface area contributed by atoms with Crippen LogP contribution in [0.25, 0.3) is 0 Å². The van der Waals surface area contributed by atoms with Crippen LogP contribution in [0.5, 0.6) is 0 Å². The molecular formula is C18H23NO2. The molecule has 0 aromatic heterocycles. The molecule has 1 aromatic rings. The Balaban J connectivity index is 2.90. The highest BCUT2D eigenvalue weighted by Crippen LogP contribution is 2.20. The molecule has 0 saturated carbocycles. The van der Waals surface area contributed by atoms with Crippen LogP contribution in [-0.2, 0) is 16.0 Å². The largest absolute Gasteiger partial charge is 0.469 e. The Bertz CT molecular complexity index is 558. The van der Waals surface area contributed by atoms with Crippen LogP contribution in [-0.4, -0.2) is 13.1 Å². The van der Waals surface area contributed by atoms with Gasteiger partial charge in [0.05, 0.1) is 13.5 Å². The van der Waals surface area contributed by atoms with Gasteiger partial charge < -0.3 is 10.5 Å². The molecule has 112 valence electrons. The van der Waals surface area contributed by atoms with Crippen molar-refractivity contribution in [3.63, 3.8) is 0 Å². The van der Waals surface area contributed by atoms with Gasteiger partial charge in [-0.05, 0) is 30.0 Å². The summed E-state index contributed by atoms with van der Waals surface area (Å²) in [5.41, 5.74) is 10.2. The molecule has 0 amide bonds. The molecule has 0 aliphatic carbocycles. The average Bonchev–Trinajstić information content (AvgIpc) is 2.46. The second-order valence-electron chi connectivity index (χ2n) is 5.02.